The Labute approximate surface area is 200 Å². The second-order valence-electron chi connectivity index (χ2n) is 11.1. The van der Waals surface area contributed by atoms with Gasteiger partial charge in [-0.25, -0.2) is 0 Å². The highest BCUT2D eigenvalue weighted by molar-refractivity contribution is 4.56. The first-order valence-electron chi connectivity index (χ1n) is 15.2. The van der Waals surface area contributed by atoms with Crippen LogP contribution in [0.1, 0.15) is 188 Å². The van der Waals surface area contributed by atoms with E-state index in [4.69, 9.17) is 0 Å². The highest BCUT2D eigenvalue weighted by Crippen LogP contribution is 2.19. The number of rotatable bonds is 26. The second-order valence-corrected chi connectivity index (χ2v) is 11.1. The van der Waals surface area contributed by atoms with Gasteiger partial charge in [-0.15, -0.1) is 0 Å². The minimum Gasteiger partial charge on any atom is -0.0654 e. The largest absolute Gasteiger partial charge is 0.0654 e. The molecule has 0 aliphatic heterocycles. The Bertz CT molecular complexity index is 307. The third-order valence-corrected chi connectivity index (χ3v) is 7.64. The van der Waals surface area contributed by atoms with E-state index in [0.717, 1.165) is 11.8 Å². The predicted molar refractivity (Wildman–Crippen MR) is 145 cm³/mol. The fraction of sp³-hybridized carbons (Fsp3) is 1.00. The normalized spacial score (nSPS) is 13.5. The molecule has 0 aromatic carbocycles. The minimum atomic E-state index is 0.947. The number of hydrogen-bond acceptors (Lipinski definition) is 0. The zero-order valence-electron chi connectivity index (χ0n) is 22.8. The summed E-state index contributed by atoms with van der Waals surface area (Å²) in [7, 11) is 0. The monoisotopic (exact) mass is 437 g/mol. The first kappa shape index (κ1) is 31.0. The molecular weight excluding hydrogens is 372 g/mol. The summed E-state index contributed by atoms with van der Waals surface area (Å²) in [5, 5.41) is 0. The van der Waals surface area contributed by atoms with E-state index in [2.05, 4.69) is 27.7 Å². The van der Waals surface area contributed by atoms with Crippen molar-refractivity contribution in [3.8, 4) is 0 Å². The molecule has 0 saturated carbocycles. The van der Waals surface area contributed by atoms with Gasteiger partial charge in [-0.1, -0.05) is 188 Å². The predicted octanol–water partition coefficient (Wildman–Crippen LogP) is 12.1. The second kappa shape index (κ2) is 26.3. The lowest BCUT2D eigenvalue weighted by atomic mass is 9.95. The SMILES string of the molecule is CCCCCCCCCCCCC(C)CCCCCCCCCCCCCC(C)CC. The molecule has 31 heavy (non-hydrogen) atoms. The first-order valence-corrected chi connectivity index (χ1v) is 15.2. The zero-order chi connectivity index (χ0) is 22.8. The molecule has 0 amide bonds. The van der Waals surface area contributed by atoms with Crippen molar-refractivity contribution >= 4 is 0 Å². The molecule has 0 aromatic heterocycles. The zero-order valence-corrected chi connectivity index (χ0v) is 22.8. The van der Waals surface area contributed by atoms with Crippen molar-refractivity contribution in [1.29, 1.82) is 0 Å². The van der Waals surface area contributed by atoms with Gasteiger partial charge >= 0.3 is 0 Å². The van der Waals surface area contributed by atoms with Gasteiger partial charge in [-0.3, -0.25) is 0 Å². The van der Waals surface area contributed by atoms with E-state index in [1.165, 1.54) is 161 Å². The fourth-order valence-corrected chi connectivity index (χ4v) is 4.91. The van der Waals surface area contributed by atoms with E-state index < -0.39 is 0 Å². The summed E-state index contributed by atoms with van der Waals surface area (Å²) < 4.78 is 0. The van der Waals surface area contributed by atoms with E-state index in [1.54, 1.807) is 0 Å². The van der Waals surface area contributed by atoms with E-state index in [9.17, 15) is 0 Å². The van der Waals surface area contributed by atoms with Gasteiger partial charge in [0.1, 0.15) is 0 Å². The molecule has 0 aliphatic rings. The summed E-state index contributed by atoms with van der Waals surface area (Å²) in [6, 6.07) is 0. The Hall–Kier alpha value is 0. The Morgan fingerprint density at radius 1 is 0.323 bits per heavy atom. The summed E-state index contributed by atoms with van der Waals surface area (Å²) in [6.45, 7) is 9.53. The van der Waals surface area contributed by atoms with Gasteiger partial charge in [0.2, 0.25) is 0 Å². The van der Waals surface area contributed by atoms with Crippen molar-refractivity contribution in [2.24, 2.45) is 11.8 Å². The Kier molecular flexibility index (Phi) is 26.3. The smallest absolute Gasteiger partial charge is 0.0443 e. The molecule has 0 spiro atoms. The number of hydrogen-bond donors (Lipinski definition) is 0. The van der Waals surface area contributed by atoms with Gasteiger partial charge in [-0.05, 0) is 11.8 Å². The molecule has 0 rings (SSSR count). The standard InChI is InChI=1S/C31H64/c1-5-7-8-9-10-11-15-19-22-25-28-31(4)29-26-23-20-17-14-12-13-16-18-21-24-27-30(3)6-2/h30-31H,5-29H2,1-4H3. The molecule has 0 heterocycles. The van der Waals surface area contributed by atoms with Crippen LogP contribution in [0.25, 0.3) is 0 Å². The molecule has 0 N–H and O–H groups in total. The minimum absolute atomic E-state index is 0.947. The molecule has 0 radical (unpaired) electrons. The fourth-order valence-electron chi connectivity index (χ4n) is 4.91. The molecule has 0 saturated heterocycles. The van der Waals surface area contributed by atoms with E-state index in [-0.39, 0.29) is 0 Å². The van der Waals surface area contributed by atoms with Crippen LogP contribution in [-0.4, -0.2) is 0 Å². The first-order chi connectivity index (χ1) is 15.2. The average Bonchev–Trinajstić information content (AvgIpc) is 2.77. The number of unbranched alkanes of at least 4 members (excludes halogenated alkanes) is 19. The quantitative estimate of drug-likeness (QED) is 0.118. The molecule has 0 fully saturated rings. The van der Waals surface area contributed by atoms with Gasteiger partial charge < -0.3 is 0 Å². The molecule has 0 bridgehead atoms. The average molecular weight is 437 g/mol. The maximum absolute atomic E-state index is 2.50. The Morgan fingerprint density at radius 3 is 0.871 bits per heavy atom. The van der Waals surface area contributed by atoms with Crippen LogP contribution in [-0.2, 0) is 0 Å². The van der Waals surface area contributed by atoms with Crippen LogP contribution in [0.3, 0.4) is 0 Å². The van der Waals surface area contributed by atoms with Crippen molar-refractivity contribution in [2.75, 3.05) is 0 Å². The third kappa shape index (κ3) is 26.1. The maximum atomic E-state index is 2.50. The Morgan fingerprint density at radius 2 is 0.581 bits per heavy atom. The van der Waals surface area contributed by atoms with Crippen LogP contribution in [0.5, 0.6) is 0 Å². The van der Waals surface area contributed by atoms with Gasteiger partial charge in [-0.2, -0.15) is 0 Å². The molecular formula is C31H64. The summed E-state index contributed by atoms with van der Waals surface area (Å²) in [6.07, 6.45) is 36.7. The van der Waals surface area contributed by atoms with Gasteiger partial charge in [0, 0.05) is 0 Å². The molecule has 2 atom stereocenters. The molecule has 0 aliphatic carbocycles. The van der Waals surface area contributed by atoms with E-state index in [1.807, 2.05) is 0 Å². The molecule has 188 valence electrons. The van der Waals surface area contributed by atoms with E-state index in [0.29, 0.717) is 0 Å². The van der Waals surface area contributed by atoms with Gasteiger partial charge in [0.15, 0.2) is 0 Å². The van der Waals surface area contributed by atoms with Crippen LogP contribution in [0.2, 0.25) is 0 Å². The van der Waals surface area contributed by atoms with Gasteiger partial charge in [0.05, 0.1) is 0 Å². The molecule has 0 nitrogen and oxygen atoms in total. The van der Waals surface area contributed by atoms with Crippen LogP contribution < -0.4 is 0 Å². The summed E-state index contributed by atoms with van der Waals surface area (Å²) in [5.41, 5.74) is 0. The van der Waals surface area contributed by atoms with Crippen molar-refractivity contribution < 1.29 is 0 Å². The summed E-state index contributed by atoms with van der Waals surface area (Å²) in [4.78, 5) is 0. The summed E-state index contributed by atoms with van der Waals surface area (Å²) >= 11 is 0. The van der Waals surface area contributed by atoms with Gasteiger partial charge in [0.25, 0.3) is 0 Å². The lowest BCUT2D eigenvalue weighted by Gasteiger charge is -2.11. The van der Waals surface area contributed by atoms with Crippen molar-refractivity contribution in [1.82, 2.24) is 0 Å². The molecule has 2 unspecified atom stereocenters. The van der Waals surface area contributed by atoms with Crippen molar-refractivity contribution in [3.63, 3.8) is 0 Å². The Balaban J connectivity index is 3.15. The molecule has 0 heteroatoms. The highest BCUT2D eigenvalue weighted by atomic mass is 14.1. The van der Waals surface area contributed by atoms with Crippen LogP contribution in [0.15, 0.2) is 0 Å². The lowest BCUT2D eigenvalue weighted by molar-refractivity contribution is 0.429. The molecule has 0 aromatic rings. The highest BCUT2D eigenvalue weighted by Gasteiger charge is 2.02. The topological polar surface area (TPSA) is 0 Å². The summed E-state index contributed by atoms with van der Waals surface area (Å²) in [5.74, 6) is 1.91. The van der Waals surface area contributed by atoms with Crippen LogP contribution in [0, 0.1) is 11.8 Å². The van der Waals surface area contributed by atoms with E-state index >= 15 is 0 Å². The van der Waals surface area contributed by atoms with Crippen LogP contribution in [0.4, 0.5) is 0 Å². The van der Waals surface area contributed by atoms with Crippen molar-refractivity contribution in [3.05, 3.63) is 0 Å². The maximum Gasteiger partial charge on any atom is -0.0443 e. The van der Waals surface area contributed by atoms with Crippen LogP contribution >= 0.6 is 0 Å². The lowest BCUT2D eigenvalue weighted by Crippen LogP contribution is -1.95. The van der Waals surface area contributed by atoms with Crippen molar-refractivity contribution in [2.45, 2.75) is 188 Å². The third-order valence-electron chi connectivity index (χ3n) is 7.64.